The standard InChI is InChI=1S/C23H27N3O3/c1-18(23(27)24-20-9-10-21-22(16-20)29-17-28-21)26-14-12-25(13-15-26)11-5-8-19-6-3-2-4-7-19/h2-10,16,18H,11-15,17H2,1H3,(H,24,27). The van der Waals surface area contributed by atoms with Crippen LogP contribution >= 0.6 is 0 Å². The molecule has 6 nitrogen and oxygen atoms in total. The van der Waals surface area contributed by atoms with Gasteiger partial charge in [-0.1, -0.05) is 42.5 Å². The van der Waals surface area contributed by atoms with Gasteiger partial charge in [-0.2, -0.15) is 0 Å². The molecule has 1 fully saturated rings. The zero-order chi connectivity index (χ0) is 20.1. The van der Waals surface area contributed by atoms with Gasteiger partial charge in [0.1, 0.15) is 0 Å². The molecule has 152 valence electrons. The molecule has 1 N–H and O–H groups in total. The Hall–Kier alpha value is -2.83. The maximum absolute atomic E-state index is 12.7. The van der Waals surface area contributed by atoms with Crippen molar-refractivity contribution in [2.24, 2.45) is 0 Å². The molecule has 0 bridgehead atoms. The monoisotopic (exact) mass is 393 g/mol. The van der Waals surface area contributed by atoms with Gasteiger partial charge in [0.15, 0.2) is 11.5 Å². The Morgan fingerprint density at radius 2 is 1.83 bits per heavy atom. The fraction of sp³-hybridized carbons (Fsp3) is 0.348. The second-order valence-electron chi connectivity index (χ2n) is 7.38. The molecule has 4 rings (SSSR count). The second-order valence-corrected chi connectivity index (χ2v) is 7.38. The summed E-state index contributed by atoms with van der Waals surface area (Å²) in [6.45, 7) is 6.81. The molecule has 1 amide bonds. The van der Waals surface area contributed by atoms with E-state index in [4.69, 9.17) is 9.47 Å². The van der Waals surface area contributed by atoms with Crippen molar-refractivity contribution in [2.75, 3.05) is 44.8 Å². The van der Waals surface area contributed by atoms with Crippen molar-refractivity contribution >= 4 is 17.7 Å². The number of benzene rings is 2. The van der Waals surface area contributed by atoms with Gasteiger partial charge in [0.05, 0.1) is 6.04 Å². The lowest BCUT2D eigenvalue weighted by Crippen LogP contribution is -2.52. The SMILES string of the molecule is CC(C(=O)Nc1ccc2c(c1)OCO2)N1CCN(CC=Cc2ccccc2)CC1. The number of carbonyl (C=O) groups is 1. The van der Waals surface area contributed by atoms with E-state index in [2.05, 4.69) is 51.5 Å². The van der Waals surface area contributed by atoms with Crippen LogP contribution < -0.4 is 14.8 Å². The molecule has 0 spiro atoms. The van der Waals surface area contributed by atoms with E-state index in [1.54, 1.807) is 0 Å². The maximum atomic E-state index is 12.7. The topological polar surface area (TPSA) is 54.0 Å². The highest BCUT2D eigenvalue weighted by molar-refractivity contribution is 5.94. The van der Waals surface area contributed by atoms with Crippen LogP contribution in [0.3, 0.4) is 0 Å². The van der Waals surface area contributed by atoms with E-state index in [0.29, 0.717) is 11.5 Å². The molecule has 2 aromatic rings. The number of hydrogen-bond acceptors (Lipinski definition) is 5. The summed E-state index contributed by atoms with van der Waals surface area (Å²) >= 11 is 0. The van der Waals surface area contributed by atoms with E-state index in [1.807, 2.05) is 31.2 Å². The average molecular weight is 393 g/mol. The van der Waals surface area contributed by atoms with E-state index >= 15 is 0 Å². The smallest absolute Gasteiger partial charge is 0.241 e. The summed E-state index contributed by atoms with van der Waals surface area (Å²) in [5.41, 5.74) is 1.95. The third kappa shape index (κ3) is 4.96. The van der Waals surface area contributed by atoms with Crippen molar-refractivity contribution in [3.05, 3.63) is 60.2 Å². The number of rotatable bonds is 6. The van der Waals surface area contributed by atoms with Crippen LogP contribution in [0.25, 0.3) is 6.08 Å². The van der Waals surface area contributed by atoms with Crippen LogP contribution in [-0.2, 0) is 4.79 Å². The first-order valence-electron chi connectivity index (χ1n) is 10.1. The Labute approximate surface area is 171 Å². The van der Waals surface area contributed by atoms with Crippen molar-refractivity contribution < 1.29 is 14.3 Å². The van der Waals surface area contributed by atoms with Crippen LogP contribution in [0.15, 0.2) is 54.6 Å². The number of nitrogens with zero attached hydrogens (tertiary/aromatic N) is 2. The van der Waals surface area contributed by atoms with Crippen molar-refractivity contribution in [2.45, 2.75) is 13.0 Å². The molecule has 1 unspecified atom stereocenters. The van der Waals surface area contributed by atoms with Gasteiger partial charge in [0, 0.05) is 44.5 Å². The molecule has 2 heterocycles. The molecular formula is C23H27N3O3. The van der Waals surface area contributed by atoms with E-state index < -0.39 is 0 Å². The minimum absolute atomic E-state index is 0.00119. The minimum atomic E-state index is -0.178. The molecule has 2 aromatic carbocycles. The summed E-state index contributed by atoms with van der Waals surface area (Å²) < 4.78 is 10.7. The molecule has 2 aliphatic heterocycles. The zero-order valence-electron chi connectivity index (χ0n) is 16.7. The Balaban J connectivity index is 1.23. The largest absolute Gasteiger partial charge is 0.454 e. The molecule has 2 aliphatic rings. The Kier molecular flexibility index (Phi) is 6.12. The van der Waals surface area contributed by atoms with E-state index in [1.165, 1.54) is 5.56 Å². The first kappa shape index (κ1) is 19.5. The summed E-state index contributed by atoms with van der Waals surface area (Å²) in [4.78, 5) is 17.3. The molecule has 0 radical (unpaired) electrons. The summed E-state index contributed by atoms with van der Waals surface area (Å²) in [5.74, 6) is 1.39. The summed E-state index contributed by atoms with van der Waals surface area (Å²) in [7, 11) is 0. The van der Waals surface area contributed by atoms with Crippen LogP contribution in [-0.4, -0.2) is 61.3 Å². The Morgan fingerprint density at radius 3 is 2.62 bits per heavy atom. The first-order valence-corrected chi connectivity index (χ1v) is 10.1. The number of fused-ring (bicyclic) bond motifs is 1. The number of amides is 1. The molecule has 1 saturated heterocycles. The lowest BCUT2D eigenvalue weighted by Gasteiger charge is -2.37. The van der Waals surface area contributed by atoms with Gasteiger partial charge in [-0.15, -0.1) is 0 Å². The highest BCUT2D eigenvalue weighted by Crippen LogP contribution is 2.34. The maximum Gasteiger partial charge on any atom is 0.241 e. The van der Waals surface area contributed by atoms with Crippen LogP contribution in [0.1, 0.15) is 12.5 Å². The van der Waals surface area contributed by atoms with E-state index in [-0.39, 0.29) is 18.7 Å². The van der Waals surface area contributed by atoms with Crippen LogP contribution in [0.4, 0.5) is 5.69 Å². The molecular weight excluding hydrogens is 366 g/mol. The zero-order valence-corrected chi connectivity index (χ0v) is 16.7. The Morgan fingerprint density at radius 1 is 1.07 bits per heavy atom. The normalized spacial score (nSPS) is 18.1. The summed E-state index contributed by atoms with van der Waals surface area (Å²) in [5, 5.41) is 2.99. The van der Waals surface area contributed by atoms with Crippen molar-refractivity contribution in [1.82, 2.24) is 9.80 Å². The highest BCUT2D eigenvalue weighted by atomic mass is 16.7. The van der Waals surface area contributed by atoms with Crippen LogP contribution in [0, 0.1) is 0 Å². The molecule has 0 aliphatic carbocycles. The van der Waals surface area contributed by atoms with E-state index in [9.17, 15) is 4.79 Å². The Bertz CT molecular complexity index is 861. The predicted octanol–water partition coefficient (Wildman–Crippen LogP) is 3.07. The van der Waals surface area contributed by atoms with Gasteiger partial charge < -0.3 is 14.8 Å². The molecule has 0 saturated carbocycles. The van der Waals surface area contributed by atoms with Gasteiger partial charge in [-0.25, -0.2) is 0 Å². The van der Waals surface area contributed by atoms with Crippen molar-refractivity contribution in [3.8, 4) is 11.5 Å². The highest BCUT2D eigenvalue weighted by Gasteiger charge is 2.25. The fourth-order valence-corrected chi connectivity index (χ4v) is 3.62. The quantitative estimate of drug-likeness (QED) is 0.818. The van der Waals surface area contributed by atoms with Crippen LogP contribution in [0.2, 0.25) is 0 Å². The van der Waals surface area contributed by atoms with Crippen LogP contribution in [0.5, 0.6) is 11.5 Å². The first-order chi connectivity index (χ1) is 14.2. The van der Waals surface area contributed by atoms with Gasteiger partial charge >= 0.3 is 0 Å². The molecule has 1 atom stereocenters. The minimum Gasteiger partial charge on any atom is -0.454 e. The third-order valence-electron chi connectivity index (χ3n) is 5.45. The lowest BCUT2D eigenvalue weighted by molar-refractivity contribution is -0.121. The van der Waals surface area contributed by atoms with Crippen molar-refractivity contribution in [3.63, 3.8) is 0 Å². The molecule has 0 aromatic heterocycles. The number of piperazine rings is 1. The molecule has 6 heteroatoms. The van der Waals surface area contributed by atoms with Gasteiger partial charge in [0.25, 0.3) is 0 Å². The van der Waals surface area contributed by atoms with Crippen molar-refractivity contribution in [1.29, 1.82) is 0 Å². The summed E-state index contributed by atoms with van der Waals surface area (Å²) in [6.07, 6.45) is 4.37. The third-order valence-corrected chi connectivity index (χ3v) is 5.45. The van der Waals surface area contributed by atoms with Gasteiger partial charge in [-0.3, -0.25) is 14.6 Å². The number of ether oxygens (including phenoxy) is 2. The predicted molar refractivity (Wildman–Crippen MR) is 114 cm³/mol. The summed E-state index contributed by atoms with van der Waals surface area (Å²) in [6, 6.07) is 15.6. The second kappa shape index (κ2) is 9.11. The fourth-order valence-electron chi connectivity index (χ4n) is 3.62. The average Bonchev–Trinajstić information content (AvgIpc) is 3.22. The number of hydrogen-bond donors (Lipinski definition) is 1. The number of carbonyl (C=O) groups excluding carboxylic acids is 1. The number of anilines is 1. The van der Waals surface area contributed by atoms with Gasteiger partial charge in [0.2, 0.25) is 12.7 Å². The van der Waals surface area contributed by atoms with E-state index in [0.717, 1.165) is 38.4 Å². The number of nitrogens with one attached hydrogen (secondary N) is 1. The molecule has 29 heavy (non-hydrogen) atoms. The van der Waals surface area contributed by atoms with Gasteiger partial charge in [-0.05, 0) is 24.6 Å². The lowest BCUT2D eigenvalue weighted by atomic mass is 10.2.